The molecule has 9 heteroatoms. The highest BCUT2D eigenvalue weighted by atomic mass is 79.9. The minimum absolute atomic E-state index is 0.298. The van der Waals surface area contributed by atoms with Gasteiger partial charge in [0.25, 0.3) is 4.61 Å². The summed E-state index contributed by atoms with van der Waals surface area (Å²) in [7, 11) is 0. The molecule has 1 fully saturated rings. The topological polar surface area (TPSA) is 34.0 Å². The maximum Gasteiger partial charge on any atom is 0.489 e. The Labute approximate surface area is 128 Å². The summed E-state index contributed by atoms with van der Waals surface area (Å²) in [6.07, 6.45) is -3.29. The van der Waals surface area contributed by atoms with Crippen molar-refractivity contribution in [2.75, 3.05) is 33.0 Å². The van der Waals surface area contributed by atoms with E-state index in [1.165, 1.54) is 4.90 Å². The maximum atomic E-state index is 13.1. The number of hydrogen-bond donors (Lipinski definition) is 0. The summed E-state index contributed by atoms with van der Waals surface area (Å²) in [4.78, 5) is 8.18. The molecule has 21 heavy (non-hydrogen) atoms. The van der Waals surface area contributed by atoms with E-state index >= 15 is 0 Å². The molecule has 1 saturated heterocycles. The van der Waals surface area contributed by atoms with E-state index in [9.17, 15) is 13.2 Å². The molecule has 0 aromatic rings. The van der Waals surface area contributed by atoms with Crippen molar-refractivity contribution in [2.24, 2.45) is 4.99 Å². The average molecular weight is 367 g/mol. The van der Waals surface area contributed by atoms with Crippen molar-refractivity contribution in [2.45, 2.75) is 13.2 Å². The zero-order valence-electron chi connectivity index (χ0n) is 11.3. The fourth-order valence-corrected chi connectivity index (χ4v) is 2.83. The molecule has 3 rings (SSSR count). The minimum atomic E-state index is -4.42. The zero-order valence-corrected chi connectivity index (χ0v) is 12.9. The van der Waals surface area contributed by atoms with Crippen molar-refractivity contribution in [3.05, 3.63) is 22.2 Å². The van der Waals surface area contributed by atoms with Gasteiger partial charge in [0, 0.05) is 35.2 Å². The second kappa shape index (κ2) is 5.29. The van der Waals surface area contributed by atoms with Crippen molar-refractivity contribution in [3.8, 4) is 0 Å². The van der Waals surface area contributed by atoms with Crippen LogP contribution in [0.5, 0.6) is 0 Å². The van der Waals surface area contributed by atoms with Crippen LogP contribution in [-0.4, -0.2) is 54.9 Å². The Hall–Kier alpha value is -1.06. The first kappa shape index (κ1) is 14.9. The summed E-state index contributed by atoms with van der Waals surface area (Å²) in [5.41, 5.74) is 1.16. The molecule has 0 aromatic heterocycles. The Morgan fingerprint density at radius 2 is 2.00 bits per heavy atom. The quantitative estimate of drug-likeness (QED) is 0.526. The molecule has 3 aliphatic heterocycles. The van der Waals surface area contributed by atoms with Crippen LogP contribution in [0.3, 0.4) is 0 Å². The van der Waals surface area contributed by atoms with E-state index in [1.807, 2.05) is 4.90 Å². The number of hydrogen-bond acceptors (Lipinski definition) is 5. The molecule has 0 aromatic carbocycles. The van der Waals surface area contributed by atoms with Crippen LogP contribution in [0.2, 0.25) is 0 Å². The standard InChI is InChI=1S/C12H14BrF3N4O/c1-8-10(13)20-7-19(12(14,15)16)6-9(11(20)17-8)18-2-4-21-5-3-18/h6H,2-5,7H2,1H3/q+1. The molecule has 0 aliphatic carbocycles. The number of allylic oxidation sites excluding steroid dienone is 1. The summed E-state index contributed by atoms with van der Waals surface area (Å²) >= 11 is 3.32. The molecule has 3 aliphatic rings. The van der Waals surface area contributed by atoms with Gasteiger partial charge in [-0.3, -0.25) is 0 Å². The highest BCUT2D eigenvalue weighted by molar-refractivity contribution is 9.11. The largest absolute Gasteiger partial charge is 0.489 e. The molecule has 0 N–H and O–H groups in total. The Bertz CT molecular complexity index is 537. The number of morpholine rings is 1. The third-order valence-corrected chi connectivity index (χ3v) is 4.55. The Balaban J connectivity index is 1.97. The second-order valence-electron chi connectivity index (χ2n) is 4.93. The summed E-state index contributed by atoms with van der Waals surface area (Å²) in [5.74, 6) is 0.557. The van der Waals surface area contributed by atoms with E-state index in [0.29, 0.717) is 53.0 Å². The number of nitrogens with zero attached hydrogens (tertiary/aromatic N) is 4. The van der Waals surface area contributed by atoms with Gasteiger partial charge in [-0.1, -0.05) is 0 Å². The lowest BCUT2D eigenvalue weighted by molar-refractivity contribution is -0.231. The third-order valence-electron chi connectivity index (χ3n) is 3.54. The lowest BCUT2D eigenvalue weighted by Crippen LogP contribution is -2.54. The van der Waals surface area contributed by atoms with Gasteiger partial charge in [0.1, 0.15) is 11.4 Å². The molecule has 0 spiro atoms. The fourth-order valence-electron chi connectivity index (χ4n) is 2.46. The maximum absolute atomic E-state index is 13.1. The first-order chi connectivity index (χ1) is 9.88. The Morgan fingerprint density at radius 1 is 1.33 bits per heavy atom. The van der Waals surface area contributed by atoms with Gasteiger partial charge >= 0.3 is 12.1 Å². The second-order valence-corrected chi connectivity index (χ2v) is 5.68. The molecule has 0 amide bonds. The van der Waals surface area contributed by atoms with E-state index in [4.69, 9.17) is 4.74 Å². The van der Waals surface area contributed by atoms with Gasteiger partial charge in [0.2, 0.25) is 6.67 Å². The first-order valence-electron chi connectivity index (χ1n) is 6.49. The van der Waals surface area contributed by atoms with Gasteiger partial charge in [-0.15, -0.1) is 13.2 Å². The van der Waals surface area contributed by atoms with Gasteiger partial charge in [0.05, 0.1) is 13.2 Å². The van der Waals surface area contributed by atoms with Crippen molar-refractivity contribution < 1.29 is 17.9 Å². The predicted molar refractivity (Wildman–Crippen MR) is 74.4 cm³/mol. The Kier molecular flexibility index (Phi) is 3.74. The van der Waals surface area contributed by atoms with Crippen LogP contribution in [0.1, 0.15) is 6.92 Å². The molecule has 0 atom stereocenters. The summed E-state index contributed by atoms with van der Waals surface area (Å²) in [5, 5.41) is 0. The molecule has 3 heterocycles. The van der Waals surface area contributed by atoms with E-state index < -0.39 is 6.30 Å². The van der Waals surface area contributed by atoms with E-state index in [2.05, 4.69) is 20.9 Å². The molecule has 0 unspecified atom stereocenters. The molecule has 0 bridgehead atoms. The number of fused-ring (bicyclic) bond motifs is 1. The lowest BCUT2D eigenvalue weighted by atomic mass is 10.2. The number of rotatable bonds is 1. The molecule has 5 nitrogen and oxygen atoms in total. The van der Waals surface area contributed by atoms with Gasteiger partial charge < -0.3 is 9.64 Å². The van der Waals surface area contributed by atoms with Crippen LogP contribution < -0.4 is 4.90 Å². The Morgan fingerprint density at radius 3 is 2.62 bits per heavy atom. The summed E-state index contributed by atoms with van der Waals surface area (Å²) in [6.45, 7) is 3.59. The molecular formula is C12H14BrF3N4O+. The summed E-state index contributed by atoms with van der Waals surface area (Å²) < 4.78 is 45.1. The van der Waals surface area contributed by atoms with Crippen molar-refractivity contribution in [3.63, 3.8) is 0 Å². The molecular weight excluding hydrogens is 353 g/mol. The van der Waals surface area contributed by atoms with Crippen LogP contribution in [0.25, 0.3) is 0 Å². The molecule has 115 valence electrons. The third kappa shape index (κ3) is 2.69. The van der Waals surface area contributed by atoms with E-state index in [-0.39, 0.29) is 6.67 Å². The molecule has 0 saturated carbocycles. The van der Waals surface area contributed by atoms with Crippen molar-refractivity contribution in [1.82, 2.24) is 14.7 Å². The highest BCUT2D eigenvalue weighted by Gasteiger charge is 2.50. The van der Waals surface area contributed by atoms with E-state index in [0.717, 1.165) is 6.20 Å². The average Bonchev–Trinajstić information content (AvgIpc) is 2.74. The smallest absolute Gasteiger partial charge is 0.378 e. The highest BCUT2D eigenvalue weighted by Crippen LogP contribution is 2.34. The monoisotopic (exact) mass is 366 g/mol. The van der Waals surface area contributed by atoms with Crippen LogP contribution in [-0.2, 0) is 4.74 Å². The summed E-state index contributed by atoms with van der Waals surface area (Å²) in [6, 6.07) is 0. The van der Waals surface area contributed by atoms with Crippen LogP contribution in [0.4, 0.5) is 13.2 Å². The zero-order chi connectivity index (χ0) is 15.2. The normalized spacial score (nSPS) is 24.2. The van der Waals surface area contributed by atoms with Gasteiger partial charge in [-0.25, -0.2) is 4.90 Å². The first-order valence-corrected chi connectivity index (χ1v) is 7.28. The number of aliphatic imine (C=N–C) groups is 1. The van der Waals surface area contributed by atoms with Gasteiger partial charge in [-0.05, 0) is 11.8 Å². The predicted octanol–water partition coefficient (Wildman–Crippen LogP) is 2.09. The van der Waals surface area contributed by atoms with Crippen LogP contribution >= 0.6 is 15.9 Å². The van der Waals surface area contributed by atoms with Crippen molar-refractivity contribution in [1.29, 1.82) is 0 Å². The number of halogens is 4. The van der Waals surface area contributed by atoms with E-state index in [1.54, 1.807) is 6.92 Å². The minimum Gasteiger partial charge on any atom is -0.378 e. The van der Waals surface area contributed by atoms with Gasteiger partial charge in [0.15, 0.2) is 0 Å². The number of ether oxygens (including phenoxy) is 1. The fraction of sp³-hybridized carbons (Fsp3) is 0.583. The van der Waals surface area contributed by atoms with Crippen LogP contribution in [0, 0.1) is 0 Å². The van der Waals surface area contributed by atoms with Gasteiger partial charge in [-0.2, -0.15) is 4.99 Å². The van der Waals surface area contributed by atoms with Crippen molar-refractivity contribution >= 4 is 21.8 Å². The molecule has 1 radical (unpaired) electrons. The number of amidine groups is 1. The van der Waals surface area contributed by atoms with Crippen LogP contribution in [0.15, 0.2) is 27.2 Å². The SMILES string of the molecule is CC1=C(Br)[N+]2CN(C(F)(F)F)C=C(N3CCOCC3)C2=N1. The lowest BCUT2D eigenvalue weighted by Gasteiger charge is -2.34. The number of alkyl halides is 3.